The van der Waals surface area contributed by atoms with Crippen LogP contribution in [0.2, 0.25) is 5.02 Å². The summed E-state index contributed by atoms with van der Waals surface area (Å²) in [5.41, 5.74) is 8.90. The zero-order chi connectivity index (χ0) is 38.0. The molecule has 4 amide bonds. The van der Waals surface area contributed by atoms with Crippen LogP contribution < -0.4 is 15.1 Å². The number of H-pyrrole nitrogens is 1. The van der Waals surface area contributed by atoms with E-state index in [0.29, 0.717) is 33.8 Å². The van der Waals surface area contributed by atoms with Gasteiger partial charge in [-0.25, -0.2) is 9.83 Å². The lowest BCUT2D eigenvalue weighted by Gasteiger charge is -2.35. The normalized spacial score (nSPS) is 21.3. The Kier molecular flexibility index (Phi) is 8.94. The summed E-state index contributed by atoms with van der Waals surface area (Å²) >= 11 is 6.33. The van der Waals surface area contributed by atoms with Gasteiger partial charge in [-0.1, -0.05) is 17.7 Å². The summed E-state index contributed by atoms with van der Waals surface area (Å²) in [4.78, 5) is 70.9. The zero-order valence-electron chi connectivity index (χ0n) is 30.6. The van der Waals surface area contributed by atoms with Gasteiger partial charge in [0.25, 0.3) is 11.8 Å². The van der Waals surface area contributed by atoms with Gasteiger partial charge in [-0.05, 0) is 97.7 Å². The highest BCUT2D eigenvalue weighted by molar-refractivity contribution is 6.33. The minimum Gasteiger partial charge on any atom is -0.372 e. The molecule has 2 fully saturated rings. The first-order chi connectivity index (χ1) is 26.6. The predicted octanol–water partition coefficient (Wildman–Crippen LogP) is 5.91. The number of fused-ring (bicyclic) bond motifs is 3. The highest BCUT2D eigenvalue weighted by Gasteiger charge is 2.45. The van der Waals surface area contributed by atoms with E-state index in [2.05, 4.69) is 61.2 Å². The molecule has 5 aliphatic rings. The van der Waals surface area contributed by atoms with Crippen molar-refractivity contribution in [3.05, 3.63) is 105 Å². The Morgan fingerprint density at radius 2 is 1.62 bits per heavy atom. The standard InChI is InChI=1S/C42H41ClN8O4/c1-44-34-9-7-29(19-33(34)43)48(2)30-8-10-35-36(20-30)46-39(45-35)25-3-5-28(6-4-25)50-15-13-24(14-16-50)21-49-22-26-17-31-32(18-27(26)23-49)42(55)51(41(31)54)37-11-12-38(52)47-40(37)53/h3-7,9,17-19,24,30,37H,8,10-16,20-23H2,2H3,(H,45,46)(H,47,52,53)/t30-,37?/m1/s1. The first kappa shape index (κ1) is 35.2. The number of anilines is 2. The van der Waals surface area contributed by atoms with E-state index >= 15 is 0 Å². The van der Waals surface area contributed by atoms with Crippen LogP contribution in [-0.2, 0) is 35.5 Å². The number of aromatic nitrogens is 2. The molecule has 280 valence electrons. The number of benzene rings is 3. The number of hydrogen-bond donors (Lipinski definition) is 2. The fourth-order valence-corrected chi connectivity index (χ4v) is 9.30. The second kappa shape index (κ2) is 14.0. The van der Waals surface area contributed by atoms with Crippen molar-refractivity contribution >= 4 is 52.3 Å². The number of amides is 4. The van der Waals surface area contributed by atoms with Crippen molar-refractivity contribution in [1.29, 1.82) is 0 Å². The number of likely N-dealkylation sites (N-methyl/N-ethyl adjacent to an activating group) is 1. The van der Waals surface area contributed by atoms with Gasteiger partial charge in [-0.3, -0.25) is 34.3 Å². The van der Waals surface area contributed by atoms with E-state index in [0.717, 1.165) is 104 Å². The molecule has 2 atom stereocenters. The SMILES string of the molecule is [C-]#[N+]c1ccc(N(C)[C@@H]2CCc3nc(-c4ccc(N5CCC(CN6Cc7cc8c(cc7C6)C(=O)N(C6CCC(=O)NC6=O)C8=O)CC5)cc4)[nH]c3C2)cc1Cl. The van der Waals surface area contributed by atoms with Crippen molar-refractivity contribution in [3.8, 4) is 11.4 Å². The molecule has 4 aromatic rings. The lowest BCUT2D eigenvalue weighted by atomic mass is 9.94. The van der Waals surface area contributed by atoms with Crippen LogP contribution in [0.3, 0.4) is 0 Å². The summed E-state index contributed by atoms with van der Waals surface area (Å²) in [5.74, 6) is -0.423. The minimum absolute atomic E-state index is 0.106. The maximum atomic E-state index is 13.3. The predicted molar refractivity (Wildman–Crippen MR) is 208 cm³/mol. The molecule has 4 aliphatic heterocycles. The summed E-state index contributed by atoms with van der Waals surface area (Å²) in [5, 5.41) is 2.74. The number of nitrogens with zero attached hydrogens (tertiary/aromatic N) is 6. The average molecular weight is 757 g/mol. The van der Waals surface area contributed by atoms with E-state index in [1.807, 2.05) is 24.3 Å². The molecule has 12 nitrogen and oxygen atoms in total. The quantitative estimate of drug-likeness (QED) is 0.176. The number of rotatable bonds is 7. The van der Waals surface area contributed by atoms with Gasteiger partial charge in [0.2, 0.25) is 17.5 Å². The third kappa shape index (κ3) is 6.45. The Hall–Kier alpha value is -5.51. The van der Waals surface area contributed by atoms with Crippen LogP contribution >= 0.6 is 11.6 Å². The first-order valence-electron chi connectivity index (χ1n) is 19.1. The molecule has 1 unspecified atom stereocenters. The van der Waals surface area contributed by atoms with Gasteiger partial charge in [0.15, 0.2) is 0 Å². The number of carbonyl (C=O) groups is 4. The van der Waals surface area contributed by atoms with Crippen LogP contribution in [0.15, 0.2) is 54.6 Å². The highest BCUT2D eigenvalue weighted by Crippen LogP contribution is 2.36. The van der Waals surface area contributed by atoms with Gasteiger partial charge < -0.3 is 14.8 Å². The molecule has 0 bridgehead atoms. The van der Waals surface area contributed by atoms with Crippen molar-refractivity contribution in [2.45, 2.75) is 70.1 Å². The van der Waals surface area contributed by atoms with Crippen molar-refractivity contribution in [2.24, 2.45) is 5.92 Å². The molecule has 1 aromatic heterocycles. The van der Waals surface area contributed by atoms with E-state index in [1.165, 1.54) is 11.4 Å². The third-order valence-corrected chi connectivity index (χ3v) is 12.5. The Balaban J connectivity index is 0.777. The second-order valence-electron chi connectivity index (χ2n) is 15.5. The number of nitrogens with one attached hydrogen (secondary N) is 2. The molecule has 0 saturated carbocycles. The van der Waals surface area contributed by atoms with Gasteiger partial charge in [-0.2, -0.15) is 0 Å². The van der Waals surface area contributed by atoms with E-state index in [9.17, 15) is 19.2 Å². The molecule has 5 heterocycles. The van der Waals surface area contributed by atoms with Gasteiger partial charge in [0.05, 0.1) is 23.4 Å². The van der Waals surface area contributed by atoms with E-state index in [4.69, 9.17) is 23.2 Å². The molecule has 2 N–H and O–H groups in total. The average Bonchev–Trinajstić information content (AvgIpc) is 3.87. The third-order valence-electron chi connectivity index (χ3n) is 12.2. The number of aromatic amines is 1. The summed E-state index contributed by atoms with van der Waals surface area (Å²) < 4.78 is 0. The van der Waals surface area contributed by atoms with E-state index in [-0.39, 0.29) is 18.7 Å². The number of piperidine rings is 2. The molecule has 55 heavy (non-hydrogen) atoms. The molecular formula is C42H41ClN8O4. The summed E-state index contributed by atoms with van der Waals surface area (Å²) in [7, 11) is 2.09. The van der Waals surface area contributed by atoms with Gasteiger partial charge in [0, 0.05) is 86.3 Å². The monoisotopic (exact) mass is 756 g/mol. The Morgan fingerprint density at radius 3 is 2.27 bits per heavy atom. The Labute approximate surface area is 324 Å². The molecule has 0 radical (unpaired) electrons. The number of hydrogen-bond acceptors (Lipinski definition) is 8. The molecule has 13 heteroatoms. The van der Waals surface area contributed by atoms with Crippen LogP contribution in [0.25, 0.3) is 16.2 Å². The number of carbonyl (C=O) groups excluding carboxylic acids is 4. The number of imidazole rings is 1. The van der Waals surface area contributed by atoms with Crippen molar-refractivity contribution in [2.75, 3.05) is 36.5 Å². The van der Waals surface area contributed by atoms with Crippen LogP contribution in [0, 0.1) is 12.5 Å². The molecule has 1 aliphatic carbocycles. The van der Waals surface area contributed by atoms with Gasteiger partial charge >= 0.3 is 0 Å². The van der Waals surface area contributed by atoms with Crippen LogP contribution in [0.4, 0.5) is 17.1 Å². The number of halogens is 1. The topological polar surface area (TPSA) is 126 Å². The smallest absolute Gasteiger partial charge is 0.262 e. The fraction of sp³-hybridized carbons (Fsp3) is 0.381. The van der Waals surface area contributed by atoms with Crippen molar-refractivity contribution in [3.63, 3.8) is 0 Å². The summed E-state index contributed by atoms with van der Waals surface area (Å²) in [6.07, 6.45) is 5.18. The Bertz CT molecular complexity index is 2240. The lowest BCUT2D eigenvalue weighted by molar-refractivity contribution is -0.136. The largest absolute Gasteiger partial charge is 0.372 e. The first-order valence-corrected chi connectivity index (χ1v) is 19.4. The second-order valence-corrected chi connectivity index (χ2v) is 15.9. The lowest BCUT2D eigenvalue weighted by Crippen LogP contribution is -2.54. The Morgan fingerprint density at radius 1 is 0.909 bits per heavy atom. The molecular weight excluding hydrogens is 716 g/mol. The molecule has 2 saturated heterocycles. The number of imide groups is 2. The van der Waals surface area contributed by atoms with Gasteiger partial charge in [0.1, 0.15) is 11.9 Å². The van der Waals surface area contributed by atoms with E-state index < -0.39 is 23.8 Å². The molecule has 9 rings (SSSR count). The maximum Gasteiger partial charge on any atom is 0.262 e. The minimum atomic E-state index is -0.951. The summed E-state index contributed by atoms with van der Waals surface area (Å²) in [6, 6.07) is 17.4. The van der Waals surface area contributed by atoms with Crippen molar-refractivity contribution < 1.29 is 19.2 Å². The molecule has 0 spiro atoms. The van der Waals surface area contributed by atoms with E-state index in [1.54, 1.807) is 6.07 Å². The van der Waals surface area contributed by atoms with Gasteiger partial charge in [-0.15, -0.1) is 0 Å². The zero-order valence-corrected chi connectivity index (χ0v) is 31.4. The number of aryl methyl sites for hydroxylation is 1. The fourth-order valence-electron chi connectivity index (χ4n) is 9.08. The highest BCUT2D eigenvalue weighted by atomic mass is 35.5. The maximum absolute atomic E-state index is 13.3. The van der Waals surface area contributed by atoms with Crippen LogP contribution in [-0.4, -0.2) is 82.2 Å². The molecule has 3 aromatic carbocycles. The van der Waals surface area contributed by atoms with Crippen LogP contribution in [0.1, 0.15) is 75.3 Å². The summed E-state index contributed by atoms with van der Waals surface area (Å²) in [6.45, 7) is 11.6. The van der Waals surface area contributed by atoms with Crippen molar-refractivity contribution in [1.82, 2.24) is 25.1 Å². The van der Waals surface area contributed by atoms with Crippen LogP contribution in [0.5, 0.6) is 0 Å².